The van der Waals surface area contributed by atoms with E-state index >= 15 is 0 Å². The summed E-state index contributed by atoms with van der Waals surface area (Å²) >= 11 is 0. The number of nitrogens with two attached hydrogens (primary N) is 1. The number of nitrogens with one attached hydrogen (secondary N) is 1. The molecule has 0 spiro atoms. The lowest BCUT2D eigenvalue weighted by Crippen LogP contribution is -2.29. The fraction of sp³-hybridized carbons (Fsp3) is 0.200. The third kappa shape index (κ3) is 5.50. The van der Waals surface area contributed by atoms with Crippen LogP contribution in [0, 0.1) is 6.92 Å². The van der Waals surface area contributed by atoms with E-state index in [4.69, 9.17) is 5.14 Å². The van der Waals surface area contributed by atoms with Gasteiger partial charge in [0.15, 0.2) is 0 Å². The highest BCUT2D eigenvalue weighted by Crippen LogP contribution is 2.19. The Labute approximate surface area is 170 Å². The molecule has 8 nitrogen and oxygen atoms in total. The Morgan fingerprint density at radius 3 is 2.62 bits per heavy atom. The molecular formula is C20H23N5O3S. The highest BCUT2D eigenvalue weighted by Gasteiger charge is 2.14. The number of anilines is 1. The first-order valence-corrected chi connectivity index (χ1v) is 10.5. The van der Waals surface area contributed by atoms with Gasteiger partial charge in [-0.3, -0.25) is 9.69 Å². The summed E-state index contributed by atoms with van der Waals surface area (Å²) in [5, 5.41) is 12.3. The Morgan fingerprint density at radius 2 is 1.93 bits per heavy atom. The van der Waals surface area contributed by atoms with Gasteiger partial charge in [0.05, 0.1) is 23.3 Å². The molecule has 0 saturated heterocycles. The first kappa shape index (κ1) is 20.7. The molecule has 0 aliphatic rings. The molecule has 0 bridgehead atoms. The zero-order chi connectivity index (χ0) is 21.0. The molecule has 2 aromatic carbocycles. The van der Waals surface area contributed by atoms with E-state index in [1.165, 1.54) is 6.07 Å². The molecule has 0 unspecified atom stereocenters. The lowest BCUT2D eigenvalue weighted by molar-refractivity contribution is -0.117. The van der Waals surface area contributed by atoms with E-state index in [2.05, 4.69) is 10.4 Å². The maximum atomic E-state index is 12.3. The van der Waals surface area contributed by atoms with Gasteiger partial charge in [0.25, 0.3) is 0 Å². The standard InChI is InChI=1S/C20H23N5O3S/c1-15-8-9-17(10-19(15)29(21,27)28)23-20(26)14-24(2)12-16-11-22-25(13-16)18-6-4-3-5-7-18/h3-11,13H,12,14H2,1-2H3,(H,23,26)(H2,21,27,28). The van der Waals surface area contributed by atoms with E-state index < -0.39 is 10.0 Å². The minimum atomic E-state index is -3.85. The van der Waals surface area contributed by atoms with Crippen LogP contribution in [0.25, 0.3) is 5.69 Å². The molecule has 0 fully saturated rings. The summed E-state index contributed by atoms with van der Waals surface area (Å²) in [6, 6.07) is 14.4. The Hall–Kier alpha value is -3.01. The van der Waals surface area contributed by atoms with Crippen LogP contribution in [-0.4, -0.2) is 42.6 Å². The fourth-order valence-electron chi connectivity index (χ4n) is 2.96. The maximum Gasteiger partial charge on any atom is 0.238 e. The summed E-state index contributed by atoms with van der Waals surface area (Å²) in [4.78, 5) is 14.2. The zero-order valence-electron chi connectivity index (χ0n) is 16.2. The lowest BCUT2D eigenvalue weighted by atomic mass is 10.2. The van der Waals surface area contributed by atoms with Gasteiger partial charge in [-0.25, -0.2) is 18.2 Å². The van der Waals surface area contributed by atoms with Crippen molar-refractivity contribution >= 4 is 21.6 Å². The highest BCUT2D eigenvalue weighted by atomic mass is 32.2. The van der Waals surface area contributed by atoms with Crippen LogP contribution in [0.1, 0.15) is 11.1 Å². The van der Waals surface area contributed by atoms with E-state index in [0.717, 1.165) is 11.3 Å². The van der Waals surface area contributed by atoms with Crippen molar-refractivity contribution in [1.29, 1.82) is 0 Å². The number of aromatic nitrogens is 2. The molecule has 3 N–H and O–H groups in total. The van der Waals surface area contributed by atoms with Crippen molar-refractivity contribution in [2.24, 2.45) is 5.14 Å². The predicted octanol–water partition coefficient (Wildman–Crippen LogP) is 1.90. The molecule has 0 radical (unpaired) electrons. The third-order valence-electron chi connectivity index (χ3n) is 4.30. The number of hydrogen-bond acceptors (Lipinski definition) is 5. The zero-order valence-corrected chi connectivity index (χ0v) is 17.1. The van der Waals surface area contributed by atoms with Crippen molar-refractivity contribution in [3.63, 3.8) is 0 Å². The van der Waals surface area contributed by atoms with Gasteiger partial charge in [-0.1, -0.05) is 24.3 Å². The number of amides is 1. The van der Waals surface area contributed by atoms with Gasteiger partial charge < -0.3 is 5.32 Å². The van der Waals surface area contributed by atoms with Crippen LogP contribution >= 0.6 is 0 Å². The van der Waals surface area contributed by atoms with Crippen molar-refractivity contribution in [3.8, 4) is 5.69 Å². The van der Waals surface area contributed by atoms with Gasteiger partial charge in [-0.15, -0.1) is 0 Å². The number of carbonyl (C=O) groups excluding carboxylic acids is 1. The number of nitrogens with zero attached hydrogens (tertiary/aromatic N) is 3. The molecule has 3 rings (SSSR count). The molecule has 0 saturated carbocycles. The number of hydrogen-bond donors (Lipinski definition) is 2. The van der Waals surface area contributed by atoms with Gasteiger partial charge in [-0.2, -0.15) is 5.10 Å². The summed E-state index contributed by atoms with van der Waals surface area (Å²) in [7, 11) is -2.02. The van der Waals surface area contributed by atoms with Crippen LogP contribution in [-0.2, 0) is 21.4 Å². The molecule has 9 heteroatoms. The maximum absolute atomic E-state index is 12.3. The molecule has 1 aromatic heterocycles. The Kier molecular flexibility index (Phi) is 6.12. The SMILES string of the molecule is Cc1ccc(NC(=O)CN(C)Cc2cnn(-c3ccccc3)c2)cc1S(N)(=O)=O. The molecule has 1 amide bonds. The number of primary sulfonamides is 1. The van der Waals surface area contributed by atoms with Crippen molar-refractivity contribution in [2.75, 3.05) is 18.9 Å². The van der Waals surface area contributed by atoms with Crippen LogP contribution < -0.4 is 10.5 Å². The molecule has 1 heterocycles. The number of likely N-dealkylation sites (N-methyl/N-ethyl adjacent to an activating group) is 1. The minimum absolute atomic E-state index is 0.00280. The van der Waals surface area contributed by atoms with Gasteiger partial charge in [0, 0.05) is 24.0 Å². The Bertz CT molecular complexity index is 1110. The number of sulfonamides is 1. The summed E-state index contributed by atoms with van der Waals surface area (Å²) in [5.74, 6) is -0.257. The Morgan fingerprint density at radius 1 is 1.21 bits per heavy atom. The van der Waals surface area contributed by atoms with E-state index in [9.17, 15) is 13.2 Å². The average Bonchev–Trinajstić information content (AvgIpc) is 3.11. The van der Waals surface area contributed by atoms with Crippen LogP contribution in [0.5, 0.6) is 0 Å². The molecule has 0 aliphatic carbocycles. The molecule has 0 aliphatic heterocycles. The summed E-state index contributed by atoms with van der Waals surface area (Å²) < 4.78 is 25.0. The average molecular weight is 414 g/mol. The van der Waals surface area contributed by atoms with Crippen LogP contribution in [0.4, 0.5) is 5.69 Å². The highest BCUT2D eigenvalue weighted by molar-refractivity contribution is 7.89. The minimum Gasteiger partial charge on any atom is -0.325 e. The second kappa shape index (κ2) is 8.56. The fourth-order valence-corrected chi connectivity index (χ4v) is 3.77. The van der Waals surface area contributed by atoms with E-state index in [-0.39, 0.29) is 17.3 Å². The number of rotatable bonds is 7. The molecule has 3 aromatic rings. The van der Waals surface area contributed by atoms with Crippen molar-refractivity contribution in [2.45, 2.75) is 18.4 Å². The normalized spacial score (nSPS) is 11.6. The topological polar surface area (TPSA) is 110 Å². The molecule has 29 heavy (non-hydrogen) atoms. The predicted molar refractivity (Wildman–Crippen MR) is 111 cm³/mol. The van der Waals surface area contributed by atoms with Crippen molar-refractivity contribution in [1.82, 2.24) is 14.7 Å². The van der Waals surface area contributed by atoms with Gasteiger partial charge in [0.1, 0.15) is 0 Å². The largest absolute Gasteiger partial charge is 0.325 e. The number of aryl methyl sites for hydroxylation is 1. The first-order chi connectivity index (χ1) is 13.7. The van der Waals surface area contributed by atoms with E-state index in [1.54, 1.807) is 29.9 Å². The van der Waals surface area contributed by atoms with E-state index in [1.807, 2.05) is 48.5 Å². The smallest absolute Gasteiger partial charge is 0.238 e. The first-order valence-electron chi connectivity index (χ1n) is 8.93. The lowest BCUT2D eigenvalue weighted by Gasteiger charge is -2.15. The molecular weight excluding hydrogens is 390 g/mol. The van der Waals surface area contributed by atoms with Crippen LogP contribution in [0.3, 0.4) is 0 Å². The number of para-hydroxylation sites is 1. The monoisotopic (exact) mass is 413 g/mol. The van der Waals surface area contributed by atoms with Crippen LogP contribution in [0.15, 0.2) is 65.8 Å². The van der Waals surface area contributed by atoms with Crippen molar-refractivity contribution in [3.05, 3.63) is 72.1 Å². The quantitative estimate of drug-likeness (QED) is 0.615. The van der Waals surface area contributed by atoms with Crippen molar-refractivity contribution < 1.29 is 13.2 Å². The summed E-state index contributed by atoms with van der Waals surface area (Å²) in [6.07, 6.45) is 3.68. The van der Waals surface area contributed by atoms with Gasteiger partial charge in [-0.05, 0) is 43.8 Å². The van der Waals surface area contributed by atoms with Gasteiger partial charge >= 0.3 is 0 Å². The van der Waals surface area contributed by atoms with E-state index in [0.29, 0.717) is 17.8 Å². The Balaban J connectivity index is 1.60. The number of benzene rings is 2. The summed E-state index contributed by atoms with van der Waals surface area (Å²) in [6.45, 7) is 2.32. The molecule has 0 atom stereocenters. The second-order valence-corrected chi connectivity index (χ2v) is 8.40. The molecule has 152 valence electrons. The van der Waals surface area contributed by atoms with Gasteiger partial charge in [0.2, 0.25) is 15.9 Å². The third-order valence-corrected chi connectivity index (χ3v) is 5.35. The second-order valence-electron chi connectivity index (χ2n) is 6.87. The number of carbonyl (C=O) groups is 1. The summed E-state index contributed by atoms with van der Waals surface area (Å²) in [5.41, 5.74) is 2.84. The van der Waals surface area contributed by atoms with Crippen LogP contribution in [0.2, 0.25) is 0 Å².